The van der Waals surface area contributed by atoms with Crippen molar-refractivity contribution in [1.82, 2.24) is 0 Å². The van der Waals surface area contributed by atoms with Gasteiger partial charge in [0.1, 0.15) is 0 Å². The van der Waals surface area contributed by atoms with Gasteiger partial charge in [-0.15, -0.1) is 0 Å². The van der Waals surface area contributed by atoms with E-state index in [1.165, 1.54) is 0 Å². The van der Waals surface area contributed by atoms with Crippen molar-refractivity contribution in [3.8, 4) is 0 Å². The third-order valence-electron chi connectivity index (χ3n) is 1.97. The maximum atomic E-state index is 6.14. The summed E-state index contributed by atoms with van der Waals surface area (Å²) in [5, 5.41) is 2.67. The number of benzene rings is 2. The zero-order valence-corrected chi connectivity index (χ0v) is 13.5. The van der Waals surface area contributed by atoms with Gasteiger partial charge >= 0.3 is 131 Å². The molecule has 0 aliphatic carbocycles. The first-order chi connectivity index (χ1) is 8.06. The van der Waals surface area contributed by atoms with Crippen LogP contribution in [-0.2, 0) is 0 Å². The molecule has 0 bridgehead atoms. The van der Waals surface area contributed by atoms with Crippen molar-refractivity contribution in [1.29, 1.82) is 0 Å². The molecule has 0 atom stereocenters. The zero-order valence-electron chi connectivity index (χ0n) is 8.35. The van der Waals surface area contributed by atoms with Crippen molar-refractivity contribution in [3.63, 3.8) is 0 Å². The van der Waals surface area contributed by atoms with E-state index in [0.717, 1.165) is 7.14 Å². The maximum absolute atomic E-state index is 6.14. The van der Waals surface area contributed by atoms with E-state index in [-0.39, 0.29) is 0 Å². The molecule has 2 aromatic rings. The van der Waals surface area contributed by atoms with Crippen LogP contribution in [0.25, 0.3) is 0 Å². The molecule has 0 N–H and O–H groups in total. The Morgan fingerprint density at radius 3 is 1.41 bits per heavy atom. The average molecular weight is 419 g/mol. The fraction of sp³-hybridized carbons (Fsp3) is 0. The predicted octanol–water partition coefficient (Wildman–Crippen LogP) is 2.43. The summed E-state index contributed by atoms with van der Waals surface area (Å²) in [5.41, 5.74) is 0. The normalized spacial score (nSPS) is 10.8. The summed E-state index contributed by atoms with van der Waals surface area (Å²) in [4.78, 5) is 0. The number of rotatable bonds is 2. The number of hydrogen-bond donors (Lipinski definition) is 0. The SMILES string of the molecule is Clc1ccc([I-]c2ccc(Cl)cc2Cl)c(Cl)c1. The first-order valence-electron chi connectivity index (χ1n) is 4.61. The van der Waals surface area contributed by atoms with E-state index in [9.17, 15) is 0 Å². The van der Waals surface area contributed by atoms with E-state index >= 15 is 0 Å². The van der Waals surface area contributed by atoms with Crippen LogP contribution in [0.1, 0.15) is 0 Å². The summed E-state index contributed by atoms with van der Waals surface area (Å²) in [6, 6.07) is 11.1. The summed E-state index contributed by atoms with van der Waals surface area (Å²) in [5.74, 6) is 0. The van der Waals surface area contributed by atoms with Gasteiger partial charge in [0.15, 0.2) is 0 Å². The summed E-state index contributed by atoms with van der Waals surface area (Å²) >= 11 is 23.6. The Labute approximate surface area is 130 Å². The molecule has 0 fully saturated rings. The topological polar surface area (TPSA) is 0 Å². The van der Waals surface area contributed by atoms with Crippen molar-refractivity contribution in [3.05, 3.63) is 63.6 Å². The molecule has 0 saturated heterocycles. The molecule has 0 nitrogen and oxygen atoms in total. The fourth-order valence-corrected chi connectivity index (χ4v) is 4.67. The van der Waals surface area contributed by atoms with Gasteiger partial charge in [-0.2, -0.15) is 0 Å². The van der Waals surface area contributed by atoms with Crippen LogP contribution >= 0.6 is 46.4 Å². The van der Waals surface area contributed by atoms with Gasteiger partial charge in [-0.25, -0.2) is 0 Å². The van der Waals surface area contributed by atoms with Crippen molar-refractivity contribution in [2.75, 3.05) is 0 Å². The van der Waals surface area contributed by atoms with Gasteiger partial charge in [0, 0.05) is 0 Å². The molecule has 0 heterocycles. The van der Waals surface area contributed by atoms with Gasteiger partial charge in [0.05, 0.1) is 0 Å². The molecule has 2 rings (SSSR count). The van der Waals surface area contributed by atoms with Crippen LogP contribution in [0.15, 0.2) is 36.4 Å². The van der Waals surface area contributed by atoms with Gasteiger partial charge in [-0.1, -0.05) is 0 Å². The molecule has 0 spiro atoms. The Hall–Kier alpha value is 0.330. The third kappa shape index (κ3) is 3.65. The fourth-order valence-electron chi connectivity index (χ4n) is 1.20. The molecular formula is C12H6Cl4I-. The minimum absolute atomic E-state index is 0.421. The quantitative estimate of drug-likeness (QED) is 0.519. The molecular weight excluding hydrogens is 413 g/mol. The van der Waals surface area contributed by atoms with Gasteiger partial charge in [0.2, 0.25) is 0 Å². The summed E-state index contributed by atoms with van der Waals surface area (Å²) in [6.07, 6.45) is 0. The summed E-state index contributed by atoms with van der Waals surface area (Å²) in [7, 11) is 0. The minimum atomic E-state index is -0.421. The van der Waals surface area contributed by atoms with E-state index in [2.05, 4.69) is 0 Å². The first kappa shape index (κ1) is 13.8. The van der Waals surface area contributed by atoms with Crippen molar-refractivity contribution in [2.45, 2.75) is 0 Å². The Kier molecular flexibility index (Phi) is 4.84. The van der Waals surface area contributed by atoms with Crippen LogP contribution in [0.3, 0.4) is 0 Å². The first-order valence-corrected chi connectivity index (χ1v) is 8.28. The molecule has 0 aliphatic rings. The van der Waals surface area contributed by atoms with Crippen molar-refractivity contribution >= 4 is 46.4 Å². The second kappa shape index (κ2) is 5.98. The number of halogens is 5. The second-order valence-electron chi connectivity index (χ2n) is 3.21. The molecule has 0 aromatic heterocycles. The van der Waals surface area contributed by atoms with E-state index in [1.54, 1.807) is 12.1 Å². The molecule has 0 radical (unpaired) electrons. The van der Waals surface area contributed by atoms with E-state index in [1.807, 2.05) is 24.3 Å². The van der Waals surface area contributed by atoms with Crippen LogP contribution in [0, 0.1) is 7.14 Å². The van der Waals surface area contributed by atoms with Gasteiger partial charge in [-0.05, 0) is 0 Å². The van der Waals surface area contributed by atoms with Crippen molar-refractivity contribution in [2.24, 2.45) is 0 Å². The van der Waals surface area contributed by atoms with Crippen LogP contribution in [0.4, 0.5) is 0 Å². The van der Waals surface area contributed by atoms with Gasteiger partial charge < -0.3 is 0 Å². The monoisotopic (exact) mass is 417 g/mol. The average Bonchev–Trinajstić information content (AvgIpc) is 2.25. The van der Waals surface area contributed by atoms with Crippen LogP contribution in [0.5, 0.6) is 0 Å². The summed E-state index contributed by atoms with van der Waals surface area (Å²) < 4.78 is 2.19. The zero-order chi connectivity index (χ0) is 12.4. The Morgan fingerprint density at radius 2 is 1.06 bits per heavy atom. The van der Waals surface area contributed by atoms with Gasteiger partial charge in [-0.3, -0.25) is 0 Å². The van der Waals surface area contributed by atoms with Gasteiger partial charge in [0.25, 0.3) is 0 Å². The Balaban J connectivity index is 2.31. The van der Waals surface area contributed by atoms with E-state index < -0.39 is 21.2 Å². The molecule has 0 amide bonds. The third-order valence-corrected chi connectivity index (χ3v) is 6.74. The molecule has 17 heavy (non-hydrogen) atoms. The molecule has 0 unspecified atom stereocenters. The van der Waals surface area contributed by atoms with E-state index in [0.29, 0.717) is 20.1 Å². The van der Waals surface area contributed by atoms with Crippen LogP contribution in [-0.4, -0.2) is 0 Å². The molecule has 0 aliphatic heterocycles. The standard InChI is InChI=1S/C12H6Cl4I/c13-7-1-3-11(9(15)5-7)17-12-4-2-8(14)6-10(12)16/h1-6H/q-1. The van der Waals surface area contributed by atoms with Crippen LogP contribution in [0.2, 0.25) is 20.1 Å². The molecule has 5 heteroatoms. The second-order valence-corrected chi connectivity index (χ2v) is 7.76. The Morgan fingerprint density at radius 1 is 0.647 bits per heavy atom. The van der Waals surface area contributed by atoms with Crippen molar-refractivity contribution < 1.29 is 21.2 Å². The molecule has 90 valence electrons. The number of hydrogen-bond acceptors (Lipinski definition) is 0. The van der Waals surface area contributed by atoms with E-state index in [4.69, 9.17) is 46.4 Å². The van der Waals surface area contributed by atoms with Crippen LogP contribution < -0.4 is 21.2 Å². The molecule has 0 saturated carbocycles. The predicted molar refractivity (Wildman–Crippen MR) is 70.3 cm³/mol. The Bertz CT molecular complexity index is 505. The summed E-state index contributed by atoms with van der Waals surface area (Å²) in [6.45, 7) is 0. The molecule has 2 aromatic carbocycles.